The number of hydrogen-bond acceptors (Lipinski definition) is 4. The zero-order valence-corrected chi connectivity index (χ0v) is 11.5. The van der Waals surface area contributed by atoms with E-state index in [1.54, 1.807) is 13.0 Å². The van der Waals surface area contributed by atoms with Gasteiger partial charge in [0.1, 0.15) is 5.76 Å². The Morgan fingerprint density at radius 3 is 3.00 bits per heavy atom. The minimum absolute atomic E-state index is 0.201. The number of hydrazine groups is 1. The van der Waals surface area contributed by atoms with E-state index in [4.69, 9.17) is 21.4 Å². The smallest absolute Gasteiger partial charge is 0.273 e. The van der Waals surface area contributed by atoms with Gasteiger partial charge in [-0.1, -0.05) is 0 Å². The summed E-state index contributed by atoms with van der Waals surface area (Å²) in [4.78, 5) is 11.7. The first-order valence-corrected chi connectivity index (χ1v) is 6.57. The van der Waals surface area contributed by atoms with Crippen molar-refractivity contribution in [1.82, 2.24) is 16.2 Å². The lowest BCUT2D eigenvalue weighted by atomic mass is 10.2. The van der Waals surface area contributed by atoms with E-state index in [1.165, 1.54) is 6.26 Å². The molecule has 0 radical (unpaired) electrons. The van der Waals surface area contributed by atoms with Crippen LogP contribution >= 0.6 is 12.2 Å². The third kappa shape index (κ3) is 3.93. The van der Waals surface area contributed by atoms with Crippen LogP contribution < -0.4 is 16.2 Å². The molecule has 1 saturated heterocycles. The van der Waals surface area contributed by atoms with Crippen LogP contribution in [0.25, 0.3) is 0 Å². The molecular weight excluding hydrogens is 266 g/mol. The lowest BCUT2D eigenvalue weighted by molar-refractivity contribution is 0.0941. The molecule has 0 aliphatic carbocycles. The number of furan rings is 1. The van der Waals surface area contributed by atoms with Crippen molar-refractivity contribution < 1.29 is 13.9 Å². The molecule has 2 heterocycles. The van der Waals surface area contributed by atoms with E-state index in [0.717, 1.165) is 19.4 Å². The van der Waals surface area contributed by atoms with Crippen LogP contribution in [-0.4, -0.2) is 30.3 Å². The second kappa shape index (κ2) is 6.53. The Kier molecular flexibility index (Phi) is 4.75. The summed E-state index contributed by atoms with van der Waals surface area (Å²) in [5.74, 6) is 0.282. The predicted molar refractivity (Wildman–Crippen MR) is 73.6 cm³/mol. The zero-order valence-electron chi connectivity index (χ0n) is 10.7. The van der Waals surface area contributed by atoms with Crippen molar-refractivity contribution in [1.29, 1.82) is 0 Å². The van der Waals surface area contributed by atoms with Crippen molar-refractivity contribution in [3.63, 3.8) is 0 Å². The van der Waals surface area contributed by atoms with Crippen LogP contribution in [0.15, 0.2) is 16.7 Å². The number of ether oxygens (including phenoxy) is 1. The summed E-state index contributed by atoms with van der Waals surface area (Å²) < 4.78 is 10.5. The van der Waals surface area contributed by atoms with Gasteiger partial charge < -0.3 is 14.5 Å². The fourth-order valence-corrected chi connectivity index (χ4v) is 1.99. The molecule has 0 spiro atoms. The minimum Gasteiger partial charge on any atom is -0.469 e. The molecule has 1 aromatic rings. The first-order valence-electron chi connectivity index (χ1n) is 6.16. The number of nitrogens with one attached hydrogen (secondary N) is 3. The summed E-state index contributed by atoms with van der Waals surface area (Å²) in [6.07, 6.45) is 3.80. The van der Waals surface area contributed by atoms with Gasteiger partial charge in [-0.05, 0) is 38.0 Å². The Bertz CT molecular complexity index is 455. The van der Waals surface area contributed by atoms with Gasteiger partial charge >= 0.3 is 0 Å². The van der Waals surface area contributed by atoms with Crippen LogP contribution in [0, 0.1) is 6.92 Å². The van der Waals surface area contributed by atoms with E-state index < -0.39 is 0 Å². The normalized spacial score (nSPS) is 18.1. The first kappa shape index (κ1) is 13.8. The molecule has 1 aliphatic rings. The second-order valence-corrected chi connectivity index (χ2v) is 4.72. The van der Waals surface area contributed by atoms with E-state index in [0.29, 0.717) is 23.0 Å². The van der Waals surface area contributed by atoms with Crippen molar-refractivity contribution in [3.05, 3.63) is 23.7 Å². The molecule has 0 saturated carbocycles. The fourth-order valence-electron chi connectivity index (χ4n) is 1.86. The van der Waals surface area contributed by atoms with Crippen molar-refractivity contribution >= 4 is 23.2 Å². The number of carbonyl (C=O) groups is 1. The maximum atomic E-state index is 11.7. The summed E-state index contributed by atoms with van der Waals surface area (Å²) in [6, 6.07) is 1.61. The van der Waals surface area contributed by atoms with Crippen LogP contribution in [0.1, 0.15) is 29.0 Å². The Hall–Kier alpha value is -1.60. The van der Waals surface area contributed by atoms with Gasteiger partial charge in [0.2, 0.25) is 0 Å². The van der Waals surface area contributed by atoms with Gasteiger partial charge in [-0.15, -0.1) is 0 Å². The number of aryl methyl sites for hydroxylation is 1. The van der Waals surface area contributed by atoms with E-state index in [9.17, 15) is 4.79 Å². The van der Waals surface area contributed by atoms with Gasteiger partial charge in [0, 0.05) is 13.2 Å². The van der Waals surface area contributed by atoms with Crippen molar-refractivity contribution in [3.8, 4) is 0 Å². The number of rotatable bonds is 3. The highest BCUT2D eigenvalue weighted by molar-refractivity contribution is 7.80. The average Bonchev–Trinajstić information content (AvgIpc) is 3.04. The summed E-state index contributed by atoms with van der Waals surface area (Å²) >= 11 is 5.05. The molecule has 0 unspecified atom stereocenters. The Balaban J connectivity index is 1.68. The van der Waals surface area contributed by atoms with Crippen molar-refractivity contribution in [2.24, 2.45) is 0 Å². The molecule has 1 fully saturated rings. The zero-order chi connectivity index (χ0) is 13.7. The van der Waals surface area contributed by atoms with E-state index in [1.807, 2.05) is 0 Å². The highest BCUT2D eigenvalue weighted by atomic mass is 32.1. The highest BCUT2D eigenvalue weighted by Crippen LogP contribution is 2.10. The lowest BCUT2D eigenvalue weighted by Crippen LogP contribution is -2.48. The summed E-state index contributed by atoms with van der Waals surface area (Å²) in [6.45, 7) is 3.18. The van der Waals surface area contributed by atoms with E-state index in [-0.39, 0.29) is 12.0 Å². The van der Waals surface area contributed by atoms with Gasteiger partial charge in [-0.25, -0.2) is 0 Å². The van der Waals surface area contributed by atoms with Gasteiger partial charge in [-0.3, -0.25) is 15.6 Å². The van der Waals surface area contributed by atoms with E-state index in [2.05, 4.69) is 16.2 Å². The molecule has 7 heteroatoms. The van der Waals surface area contributed by atoms with Crippen molar-refractivity contribution in [2.45, 2.75) is 25.9 Å². The molecule has 104 valence electrons. The van der Waals surface area contributed by atoms with Crippen molar-refractivity contribution in [2.75, 3.05) is 13.2 Å². The first-order chi connectivity index (χ1) is 9.16. The Morgan fingerprint density at radius 2 is 2.37 bits per heavy atom. The van der Waals surface area contributed by atoms with Crippen LogP contribution in [0.2, 0.25) is 0 Å². The fraction of sp³-hybridized carbons (Fsp3) is 0.500. The lowest BCUT2D eigenvalue weighted by Gasteiger charge is -2.14. The summed E-state index contributed by atoms with van der Waals surface area (Å²) in [7, 11) is 0. The summed E-state index contributed by atoms with van der Waals surface area (Å²) in [5.41, 5.74) is 5.63. The largest absolute Gasteiger partial charge is 0.469 e. The standard InChI is InChI=1S/C12H17N3O3S/c1-8-10(4-6-17-8)11(16)14-15-12(19)13-7-9-3-2-5-18-9/h4,6,9H,2-3,5,7H2,1H3,(H,14,16)(H2,13,15,19)/t9-/m1/s1. The SMILES string of the molecule is Cc1occc1C(=O)NNC(=S)NC[C@H]1CCCO1. The molecular formula is C12H17N3O3S. The monoisotopic (exact) mass is 283 g/mol. The molecule has 3 N–H and O–H groups in total. The van der Waals surface area contributed by atoms with Gasteiger partial charge in [0.15, 0.2) is 5.11 Å². The molecule has 1 aromatic heterocycles. The van der Waals surface area contributed by atoms with Crippen LogP contribution in [-0.2, 0) is 4.74 Å². The molecule has 19 heavy (non-hydrogen) atoms. The number of amides is 1. The van der Waals surface area contributed by atoms with Crippen LogP contribution in [0.3, 0.4) is 0 Å². The third-order valence-electron chi connectivity index (χ3n) is 2.91. The van der Waals surface area contributed by atoms with Gasteiger partial charge in [-0.2, -0.15) is 0 Å². The quantitative estimate of drug-likeness (QED) is 0.565. The molecule has 6 nitrogen and oxygen atoms in total. The highest BCUT2D eigenvalue weighted by Gasteiger charge is 2.15. The predicted octanol–water partition coefficient (Wildman–Crippen LogP) is 0.876. The van der Waals surface area contributed by atoms with Crippen LogP contribution in [0.4, 0.5) is 0 Å². The third-order valence-corrected chi connectivity index (χ3v) is 3.15. The van der Waals surface area contributed by atoms with Gasteiger partial charge in [0.05, 0.1) is 17.9 Å². The Labute approximate surface area is 116 Å². The second-order valence-electron chi connectivity index (χ2n) is 4.31. The number of hydrogen-bond donors (Lipinski definition) is 3. The Morgan fingerprint density at radius 1 is 1.53 bits per heavy atom. The summed E-state index contributed by atoms with van der Waals surface area (Å²) in [5, 5.41) is 3.36. The molecule has 0 aromatic carbocycles. The molecule has 1 aliphatic heterocycles. The maximum Gasteiger partial charge on any atom is 0.273 e. The molecule has 1 atom stereocenters. The molecule has 1 amide bonds. The van der Waals surface area contributed by atoms with E-state index >= 15 is 0 Å². The number of thiocarbonyl (C=S) groups is 1. The number of carbonyl (C=O) groups excluding carboxylic acids is 1. The minimum atomic E-state index is -0.285. The van der Waals surface area contributed by atoms with Crippen LogP contribution in [0.5, 0.6) is 0 Å². The maximum absolute atomic E-state index is 11.7. The topological polar surface area (TPSA) is 75.5 Å². The molecule has 0 bridgehead atoms. The average molecular weight is 283 g/mol. The molecule has 2 rings (SSSR count). The van der Waals surface area contributed by atoms with Gasteiger partial charge in [0.25, 0.3) is 5.91 Å².